The van der Waals surface area contributed by atoms with Crippen LogP contribution < -0.4 is 0 Å². The Hall–Kier alpha value is -2.86. The minimum absolute atomic E-state index is 0.0478. The number of aromatic nitrogens is 4. The summed E-state index contributed by atoms with van der Waals surface area (Å²) in [5.41, 5.74) is 2.28. The predicted octanol–water partition coefficient (Wildman–Crippen LogP) is 3.77. The summed E-state index contributed by atoms with van der Waals surface area (Å²) in [5.74, 6) is -0.908. The van der Waals surface area contributed by atoms with Crippen molar-refractivity contribution in [3.05, 3.63) is 64.6 Å². The maximum absolute atomic E-state index is 13.9. The predicted molar refractivity (Wildman–Crippen MR) is 88.7 cm³/mol. The number of carbonyl (C=O) groups excluding carboxylic acids is 1. The van der Waals surface area contributed by atoms with E-state index < -0.39 is 5.82 Å². The van der Waals surface area contributed by atoms with E-state index in [9.17, 15) is 9.18 Å². The highest BCUT2D eigenvalue weighted by atomic mass is 35.5. The number of fused-ring (bicyclic) bond motifs is 3. The lowest BCUT2D eigenvalue weighted by atomic mass is 10.1. The molecule has 0 unspecified atom stereocenters. The van der Waals surface area contributed by atoms with E-state index in [0.717, 1.165) is 0 Å². The third-order valence-corrected chi connectivity index (χ3v) is 4.08. The molecule has 24 heavy (non-hydrogen) atoms. The molecule has 2 heterocycles. The molecule has 0 aliphatic carbocycles. The van der Waals surface area contributed by atoms with Crippen LogP contribution in [0.25, 0.3) is 21.9 Å². The number of hydrogen-bond acceptors (Lipinski definition) is 4. The number of carbonyl (C=O) groups is 1. The first kappa shape index (κ1) is 14.7. The molecule has 4 aromatic rings. The van der Waals surface area contributed by atoms with E-state index in [1.54, 1.807) is 31.2 Å². The molecule has 0 aliphatic heterocycles. The first-order chi connectivity index (χ1) is 11.6. The number of hydrogen-bond donors (Lipinski definition) is 0. The van der Waals surface area contributed by atoms with E-state index in [0.29, 0.717) is 33.2 Å². The normalized spacial score (nSPS) is 11.3. The van der Waals surface area contributed by atoms with Gasteiger partial charge in [-0.15, -0.1) is 10.2 Å². The smallest absolute Gasteiger partial charge is 0.267 e. The summed E-state index contributed by atoms with van der Waals surface area (Å²) < 4.78 is 15.2. The van der Waals surface area contributed by atoms with E-state index in [1.807, 2.05) is 6.07 Å². The molecule has 0 bridgehead atoms. The maximum atomic E-state index is 13.9. The van der Waals surface area contributed by atoms with Crippen LogP contribution in [0.2, 0.25) is 5.02 Å². The number of nitrogens with zero attached hydrogens (tertiary/aromatic N) is 4. The van der Waals surface area contributed by atoms with Gasteiger partial charge in [-0.05, 0) is 31.2 Å². The Balaban J connectivity index is 2.08. The van der Waals surface area contributed by atoms with Gasteiger partial charge in [0.25, 0.3) is 5.91 Å². The molecule has 0 aliphatic rings. The summed E-state index contributed by atoms with van der Waals surface area (Å²) in [6.07, 6.45) is 0. The number of halogens is 2. The first-order valence-electron chi connectivity index (χ1n) is 7.17. The van der Waals surface area contributed by atoms with Gasteiger partial charge >= 0.3 is 0 Å². The monoisotopic (exact) mass is 340 g/mol. The van der Waals surface area contributed by atoms with Gasteiger partial charge in [0.2, 0.25) is 0 Å². The SMILES string of the molecule is Cc1nn(C(=O)c2ccccc2)c2c1nnc1cc(Cl)c(F)cc12. The lowest BCUT2D eigenvalue weighted by Crippen LogP contribution is -2.13. The highest BCUT2D eigenvalue weighted by molar-refractivity contribution is 6.31. The van der Waals surface area contributed by atoms with Crippen molar-refractivity contribution < 1.29 is 9.18 Å². The summed E-state index contributed by atoms with van der Waals surface area (Å²) in [4.78, 5) is 12.8. The Bertz CT molecular complexity index is 1110. The van der Waals surface area contributed by atoms with Crippen LogP contribution in [-0.4, -0.2) is 25.9 Å². The molecule has 4 rings (SSSR count). The third-order valence-electron chi connectivity index (χ3n) is 3.79. The summed E-state index contributed by atoms with van der Waals surface area (Å²) in [5, 5.41) is 12.8. The number of rotatable bonds is 1. The van der Waals surface area contributed by atoms with E-state index in [-0.39, 0.29) is 10.9 Å². The van der Waals surface area contributed by atoms with Gasteiger partial charge in [-0.3, -0.25) is 4.79 Å². The summed E-state index contributed by atoms with van der Waals surface area (Å²) in [7, 11) is 0. The molecule has 7 heteroatoms. The van der Waals surface area contributed by atoms with Crippen LogP contribution in [0.1, 0.15) is 16.1 Å². The lowest BCUT2D eigenvalue weighted by molar-refractivity contribution is 0.0950. The molecule has 0 spiro atoms. The number of benzene rings is 2. The minimum atomic E-state index is -0.587. The van der Waals surface area contributed by atoms with Crippen molar-refractivity contribution in [3.63, 3.8) is 0 Å². The fourth-order valence-electron chi connectivity index (χ4n) is 2.64. The number of aryl methyl sites for hydroxylation is 1. The van der Waals surface area contributed by atoms with Crippen molar-refractivity contribution in [1.82, 2.24) is 20.0 Å². The Morgan fingerprint density at radius 3 is 2.67 bits per heavy atom. The molecule has 0 amide bonds. The van der Waals surface area contributed by atoms with Gasteiger partial charge < -0.3 is 0 Å². The fourth-order valence-corrected chi connectivity index (χ4v) is 2.80. The molecule has 2 aromatic heterocycles. The second kappa shape index (κ2) is 5.35. The Labute approximate surface area is 140 Å². The average molecular weight is 341 g/mol. The maximum Gasteiger partial charge on any atom is 0.278 e. The van der Waals surface area contributed by atoms with Gasteiger partial charge in [-0.1, -0.05) is 29.8 Å². The van der Waals surface area contributed by atoms with Crippen molar-refractivity contribution >= 4 is 39.4 Å². The quantitative estimate of drug-likeness (QED) is 0.529. The fraction of sp³-hybridized carbons (Fsp3) is 0.0588. The average Bonchev–Trinajstić information content (AvgIpc) is 2.93. The van der Waals surface area contributed by atoms with Crippen molar-refractivity contribution in [1.29, 1.82) is 0 Å². The van der Waals surface area contributed by atoms with Gasteiger partial charge in [0.15, 0.2) is 0 Å². The van der Waals surface area contributed by atoms with E-state index in [2.05, 4.69) is 15.3 Å². The van der Waals surface area contributed by atoms with Gasteiger partial charge in [-0.25, -0.2) is 4.39 Å². The van der Waals surface area contributed by atoms with Gasteiger partial charge in [0, 0.05) is 10.9 Å². The summed E-state index contributed by atoms with van der Waals surface area (Å²) in [6, 6.07) is 11.4. The zero-order valence-corrected chi connectivity index (χ0v) is 13.3. The van der Waals surface area contributed by atoms with Crippen LogP contribution in [0.15, 0.2) is 42.5 Å². The molecule has 5 nitrogen and oxygen atoms in total. The molecule has 0 saturated heterocycles. The molecule has 2 aromatic carbocycles. The van der Waals surface area contributed by atoms with E-state index in [1.165, 1.54) is 16.8 Å². The van der Waals surface area contributed by atoms with Crippen molar-refractivity contribution in [2.24, 2.45) is 0 Å². The van der Waals surface area contributed by atoms with Crippen LogP contribution in [0.4, 0.5) is 4.39 Å². The van der Waals surface area contributed by atoms with Crippen molar-refractivity contribution in [3.8, 4) is 0 Å². The van der Waals surface area contributed by atoms with Crippen LogP contribution in [0.5, 0.6) is 0 Å². The Morgan fingerprint density at radius 2 is 1.92 bits per heavy atom. The zero-order valence-electron chi connectivity index (χ0n) is 12.5. The van der Waals surface area contributed by atoms with Crippen LogP contribution >= 0.6 is 11.6 Å². The van der Waals surface area contributed by atoms with Gasteiger partial charge in [0.1, 0.15) is 16.9 Å². The molecule has 0 N–H and O–H groups in total. The molecular formula is C17H10ClFN4O. The van der Waals surface area contributed by atoms with E-state index in [4.69, 9.17) is 11.6 Å². The van der Waals surface area contributed by atoms with Crippen LogP contribution in [0, 0.1) is 12.7 Å². The molecule has 0 radical (unpaired) electrons. The molecular weight excluding hydrogens is 331 g/mol. The van der Waals surface area contributed by atoms with Gasteiger partial charge in [0.05, 0.1) is 16.2 Å². The van der Waals surface area contributed by atoms with Gasteiger partial charge in [-0.2, -0.15) is 9.78 Å². The Kier molecular flexibility index (Phi) is 3.28. The first-order valence-corrected chi connectivity index (χ1v) is 7.54. The summed E-state index contributed by atoms with van der Waals surface area (Å²) >= 11 is 5.81. The summed E-state index contributed by atoms with van der Waals surface area (Å²) in [6.45, 7) is 1.73. The van der Waals surface area contributed by atoms with Crippen molar-refractivity contribution in [2.45, 2.75) is 6.92 Å². The minimum Gasteiger partial charge on any atom is -0.267 e. The van der Waals surface area contributed by atoms with E-state index >= 15 is 0 Å². The molecule has 0 atom stereocenters. The topological polar surface area (TPSA) is 60.7 Å². The zero-order chi connectivity index (χ0) is 16.8. The molecule has 118 valence electrons. The largest absolute Gasteiger partial charge is 0.278 e. The third kappa shape index (κ3) is 2.15. The second-order valence-electron chi connectivity index (χ2n) is 5.35. The highest BCUT2D eigenvalue weighted by Crippen LogP contribution is 2.28. The van der Waals surface area contributed by atoms with Crippen molar-refractivity contribution in [2.75, 3.05) is 0 Å². The second-order valence-corrected chi connectivity index (χ2v) is 5.76. The standard InChI is InChI=1S/C17H10ClFN4O/c1-9-15-16(11-7-13(19)12(18)8-14(11)20-21-15)23(22-9)17(24)10-5-3-2-4-6-10/h2-8H,1H3. The Morgan fingerprint density at radius 1 is 1.17 bits per heavy atom. The highest BCUT2D eigenvalue weighted by Gasteiger charge is 2.20. The molecule has 0 saturated carbocycles. The molecule has 0 fully saturated rings. The van der Waals surface area contributed by atoms with Crippen LogP contribution in [-0.2, 0) is 0 Å². The van der Waals surface area contributed by atoms with Crippen LogP contribution in [0.3, 0.4) is 0 Å². The lowest BCUT2D eigenvalue weighted by Gasteiger charge is -2.05.